The summed E-state index contributed by atoms with van der Waals surface area (Å²) in [5, 5.41) is 7.48. The lowest BCUT2D eigenvalue weighted by Gasteiger charge is -2.06. The molecule has 1 aromatic carbocycles. The number of ketones is 1. The number of hydrogen-bond acceptors (Lipinski definition) is 3. The van der Waals surface area contributed by atoms with Crippen molar-refractivity contribution in [2.24, 2.45) is 0 Å². The minimum absolute atomic E-state index is 0.00663. The Morgan fingerprint density at radius 2 is 2.20 bits per heavy atom. The average molecular weight is 205 g/mol. The highest BCUT2D eigenvalue weighted by Crippen LogP contribution is 2.12. The van der Waals surface area contributed by atoms with Crippen molar-refractivity contribution in [2.75, 3.05) is 6.61 Å². The first-order valence-corrected chi connectivity index (χ1v) is 4.83. The highest BCUT2D eigenvalue weighted by Gasteiger charge is 2.02. The zero-order valence-electron chi connectivity index (χ0n) is 9.04. The molecule has 1 aromatic rings. The van der Waals surface area contributed by atoms with E-state index in [1.807, 2.05) is 31.2 Å². The van der Waals surface area contributed by atoms with Gasteiger partial charge in [-0.15, -0.1) is 0 Å². The van der Waals surface area contributed by atoms with Gasteiger partial charge in [-0.1, -0.05) is 12.1 Å². The molecule has 0 aliphatic carbocycles. The number of carbonyl (C=O) groups excluding carboxylic acids is 1. The van der Waals surface area contributed by atoms with Gasteiger partial charge in [0, 0.05) is 6.42 Å². The van der Waals surface area contributed by atoms with Gasteiger partial charge in [-0.05, 0) is 31.5 Å². The van der Waals surface area contributed by atoms with Crippen molar-refractivity contribution in [3.8, 4) is 5.75 Å². The molecular formula is C12H15NO2. The van der Waals surface area contributed by atoms with Crippen LogP contribution in [0.1, 0.15) is 18.9 Å². The maximum atomic E-state index is 10.7. The van der Waals surface area contributed by atoms with Crippen molar-refractivity contribution in [1.29, 1.82) is 5.41 Å². The van der Waals surface area contributed by atoms with Crippen LogP contribution < -0.4 is 4.74 Å². The van der Waals surface area contributed by atoms with Crippen LogP contribution in [0.3, 0.4) is 0 Å². The van der Waals surface area contributed by atoms with Gasteiger partial charge in [0.2, 0.25) is 0 Å². The van der Waals surface area contributed by atoms with Crippen molar-refractivity contribution in [3.63, 3.8) is 0 Å². The molecule has 3 nitrogen and oxygen atoms in total. The molecule has 0 bridgehead atoms. The number of hydrogen-bond donors (Lipinski definition) is 1. The van der Waals surface area contributed by atoms with Crippen molar-refractivity contribution >= 4 is 11.5 Å². The Kier molecular flexibility index (Phi) is 4.03. The number of aryl methyl sites for hydroxylation is 1. The first kappa shape index (κ1) is 11.4. The van der Waals surface area contributed by atoms with Gasteiger partial charge in [0.05, 0.1) is 5.71 Å². The Balaban J connectivity index is 2.43. The van der Waals surface area contributed by atoms with E-state index in [9.17, 15) is 4.79 Å². The largest absolute Gasteiger partial charge is 0.488 e. The zero-order valence-corrected chi connectivity index (χ0v) is 9.04. The van der Waals surface area contributed by atoms with Gasteiger partial charge in [0.15, 0.2) is 0 Å². The highest BCUT2D eigenvalue weighted by molar-refractivity contribution is 6.00. The fourth-order valence-corrected chi connectivity index (χ4v) is 1.23. The van der Waals surface area contributed by atoms with Crippen molar-refractivity contribution < 1.29 is 9.53 Å². The van der Waals surface area contributed by atoms with E-state index in [4.69, 9.17) is 10.1 Å². The maximum Gasteiger partial charge on any atom is 0.135 e. The predicted octanol–water partition coefficient (Wildman–Crippen LogP) is 2.37. The molecule has 0 fully saturated rings. The van der Waals surface area contributed by atoms with Crippen LogP contribution in [0.2, 0.25) is 0 Å². The van der Waals surface area contributed by atoms with Gasteiger partial charge in [0.25, 0.3) is 0 Å². The van der Waals surface area contributed by atoms with Gasteiger partial charge in [-0.3, -0.25) is 4.79 Å². The average Bonchev–Trinajstić information content (AvgIpc) is 2.14. The van der Waals surface area contributed by atoms with Crippen LogP contribution in [-0.2, 0) is 4.79 Å². The second-order valence-electron chi connectivity index (χ2n) is 3.59. The SMILES string of the molecule is CC(=O)CC(=N)COc1cccc(C)c1. The van der Waals surface area contributed by atoms with Crippen LogP contribution in [0.5, 0.6) is 5.75 Å². The Morgan fingerprint density at radius 1 is 1.47 bits per heavy atom. The number of ether oxygens (including phenoxy) is 1. The number of Topliss-reactive ketones (excluding diaryl/α,β-unsaturated/α-hetero) is 1. The van der Waals surface area contributed by atoms with Crippen LogP contribution in [0, 0.1) is 12.3 Å². The van der Waals surface area contributed by atoms with E-state index in [2.05, 4.69) is 0 Å². The van der Waals surface area contributed by atoms with Crippen LogP contribution in [0.15, 0.2) is 24.3 Å². The summed E-state index contributed by atoms with van der Waals surface area (Å²) in [7, 11) is 0. The molecule has 3 heteroatoms. The van der Waals surface area contributed by atoms with E-state index >= 15 is 0 Å². The summed E-state index contributed by atoms with van der Waals surface area (Å²) in [5.41, 5.74) is 1.43. The summed E-state index contributed by atoms with van der Waals surface area (Å²) < 4.78 is 5.37. The Hall–Kier alpha value is -1.64. The Bertz CT molecular complexity index is 372. The second-order valence-corrected chi connectivity index (χ2v) is 3.59. The molecule has 0 amide bonds. The van der Waals surface area contributed by atoms with Crippen molar-refractivity contribution in [2.45, 2.75) is 20.3 Å². The minimum atomic E-state index is -0.00663. The van der Waals surface area contributed by atoms with Crippen LogP contribution in [0.4, 0.5) is 0 Å². The molecule has 0 aliphatic rings. The van der Waals surface area contributed by atoms with E-state index < -0.39 is 0 Å². The van der Waals surface area contributed by atoms with E-state index in [0.29, 0.717) is 5.71 Å². The summed E-state index contributed by atoms with van der Waals surface area (Å²) in [4.78, 5) is 10.7. The molecule has 0 radical (unpaired) electrons. The fraction of sp³-hybridized carbons (Fsp3) is 0.333. The smallest absolute Gasteiger partial charge is 0.135 e. The van der Waals surface area contributed by atoms with Gasteiger partial charge in [-0.2, -0.15) is 0 Å². The molecule has 0 saturated heterocycles. The first-order chi connectivity index (χ1) is 7.08. The normalized spacial score (nSPS) is 9.73. The quantitative estimate of drug-likeness (QED) is 0.750. The zero-order chi connectivity index (χ0) is 11.3. The molecule has 1 N–H and O–H groups in total. The number of benzene rings is 1. The molecule has 0 saturated carbocycles. The van der Waals surface area contributed by atoms with Crippen molar-refractivity contribution in [3.05, 3.63) is 29.8 Å². The fourth-order valence-electron chi connectivity index (χ4n) is 1.23. The molecule has 15 heavy (non-hydrogen) atoms. The summed E-state index contributed by atoms with van der Waals surface area (Å²) in [6.45, 7) is 3.64. The van der Waals surface area contributed by atoms with Gasteiger partial charge in [0.1, 0.15) is 18.1 Å². The lowest BCUT2D eigenvalue weighted by molar-refractivity contribution is -0.115. The standard InChI is InChI=1S/C12H15NO2/c1-9-4-3-5-12(6-9)15-8-11(13)7-10(2)14/h3-6,13H,7-8H2,1-2H3. The monoisotopic (exact) mass is 205 g/mol. The van der Waals surface area contributed by atoms with E-state index in [1.165, 1.54) is 6.92 Å². The summed E-state index contributed by atoms with van der Waals surface area (Å²) >= 11 is 0. The summed E-state index contributed by atoms with van der Waals surface area (Å²) in [6.07, 6.45) is 0.172. The topological polar surface area (TPSA) is 50.2 Å². The molecule has 0 spiro atoms. The Morgan fingerprint density at radius 3 is 2.80 bits per heavy atom. The van der Waals surface area contributed by atoms with Gasteiger partial charge >= 0.3 is 0 Å². The minimum Gasteiger partial charge on any atom is -0.488 e. The second kappa shape index (κ2) is 5.29. The molecule has 0 aliphatic heterocycles. The van der Waals surface area contributed by atoms with E-state index in [-0.39, 0.29) is 18.8 Å². The van der Waals surface area contributed by atoms with Crippen molar-refractivity contribution in [1.82, 2.24) is 0 Å². The lowest BCUT2D eigenvalue weighted by Crippen LogP contribution is -2.13. The molecule has 0 aromatic heterocycles. The third kappa shape index (κ3) is 4.40. The molecular weight excluding hydrogens is 190 g/mol. The molecule has 0 atom stereocenters. The third-order valence-corrected chi connectivity index (χ3v) is 1.86. The highest BCUT2D eigenvalue weighted by atomic mass is 16.5. The Labute approximate surface area is 89.6 Å². The maximum absolute atomic E-state index is 10.7. The molecule has 80 valence electrons. The van der Waals surface area contributed by atoms with E-state index in [0.717, 1.165) is 11.3 Å². The molecule has 0 unspecified atom stereocenters. The van der Waals surface area contributed by atoms with Gasteiger partial charge in [-0.25, -0.2) is 0 Å². The number of carbonyl (C=O) groups is 1. The predicted molar refractivity (Wildman–Crippen MR) is 59.7 cm³/mol. The number of rotatable bonds is 5. The number of nitrogens with one attached hydrogen (secondary N) is 1. The van der Waals surface area contributed by atoms with Gasteiger partial charge < -0.3 is 10.1 Å². The molecule has 0 heterocycles. The summed E-state index contributed by atoms with van der Waals surface area (Å²) in [6, 6.07) is 7.63. The van der Waals surface area contributed by atoms with Crippen LogP contribution >= 0.6 is 0 Å². The third-order valence-electron chi connectivity index (χ3n) is 1.86. The van der Waals surface area contributed by atoms with E-state index in [1.54, 1.807) is 0 Å². The van der Waals surface area contributed by atoms with Crippen LogP contribution in [0.25, 0.3) is 0 Å². The molecule has 1 rings (SSSR count). The lowest BCUT2D eigenvalue weighted by atomic mass is 10.2. The summed E-state index contributed by atoms with van der Waals surface area (Å²) in [5.74, 6) is 0.733. The van der Waals surface area contributed by atoms with Crippen LogP contribution in [-0.4, -0.2) is 18.1 Å². The first-order valence-electron chi connectivity index (χ1n) is 4.83.